The van der Waals surface area contributed by atoms with Gasteiger partial charge >= 0.3 is 0 Å². The van der Waals surface area contributed by atoms with Crippen LogP contribution in [0.2, 0.25) is 5.02 Å². The zero-order chi connectivity index (χ0) is 18.1. The molecule has 0 unspecified atom stereocenters. The van der Waals surface area contributed by atoms with Gasteiger partial charge in [0.15, 0.2) is 0 Å². The van der Waals surface area contributed by atoms with E-state index < -0.39 is 0 Å². The van der Waals surface area contributed by atoms with Crippen LogP contribution in [0.4, 0.5) is 5.69 Å². The molecule has 0 aliphatic carbocycles. The number of amides is 2. The van der Waals surface area contributed by atoms with Crippen molar-refractivity contribution in [3.05, 3.63) is 64.7 Å². The van der Waals surface area contributed by atoms with E-state index in [0.717, 1.165) is 23.2 Å². The summed E-state index contributed by atoms with van der Waals surface area (Å²) in [6.45, 7) is 2.54. The van der Waals surface area contributed by atoms with Crippen molar-refractivity contribution in [2.75, 3.05) is 23.4 Å². The molecule has 0 spiro atoms. The van der Waals surface area contributed by atoms with Crippen molar-refractivity contribution in [3.8, 4) is 0 Å². The Balaban J connectivity index is 1.60. The Hall–Kier alpha value is -1.98. The van der Waals surface area contributed by atoms with E-state index in [0.29, 0.717) is 11.6 Å². The fraction of sp³-hybridized carbons (Fsp3) is 0.263. The van der Waals surface area contributed by atoms with Gasteiger partial charge in [0, 0.05) is 17.3 Å². The molecule has 2 N–H and O–H groups in total. The highest BCUT2D eigenvalue weighted by Gasteiger charge is 2.06. The molecule has 0 saturated heterocycles. The van der Waals surface area contributed by atoms with E-state index in [9.17, 15) is 9.59 Å². The third-order valence-corrected chi connectivity index (χ3v) is 4.60. The van der Waals surface area contributed by atoms with Crippen molar-refractivity contribution in [1.29, 1.82) is 0 Å². The summed E-state index contributed by atoms with van der Waals surface area (Å²) in [4.78, 5) is 23.6. The lowest BCUT2D eigenvalue weighted by Crippen LogP contribution is -2.28. The van der Waals surface area contributed by atoms with Gasteiger partial charge in [0.1, 0.15) is 0 Å². The Labute approximate surface area is 157 Å². The van der Waals surface area contributed by atoms with Gasteiger partial charge in [0.25, 0.3) is 0 Å². The maximum absolute atomic E-state index is 11.9. The second kappa shape index (κ2) is 10.1. The molecule has 0 heterocycles. The van der Waals surface area contributed by atoms with E-state index in [2.05, 4.69) is 10.6 Å². The lowest BCUT2D eigenvalue weighted by molar-refractivity contribution is -0.118. The smallest absolute Gasteiger partial charge is 0.234 e. The topological polar surface area (TPSA) is 58.2 Å². The molecule has 0 bridgehead atoms. The molecule has 6 heteroatoms. The second-order valence-corrected chi connectivity index (χ2v) is 7.06. The molecule has 0 aliphatic rings. The molecule has 0 saturated carbocycles. The Kier molecular flexibility index (Phi) is 7.82. The maximum Gasteiger partial charge on any atom is 0.234 e. The molecule has 4 nitrogen and oxygen atoms in total. The van der Waals surface area contributed by atoms with E-state index >= 15 is 0 Å². The van der Waals surface area contributed by atoms with Crippen molar-refractivity contribution in [2.24, 2.45) is 0 Å². The fourth-order valence-electron chi connectivity index (χ4n) is 2.20. The highest BCUT2D eigenvalue weighted by atomic mass is 35.5. The minimum atomic E-state index is -0.107. The Bertz CT molecular complexity index is 720. The fourth-order valence-corrected chi connectivity index (χ4v) is 2.98. The van der Waals surface area contributed by atoms with Crippen molar-refractivity contribution < 1.29 is 9.59 Å². The predicted molar refractivity (Wildman–Crippen MR) is 105 cm³/mol. The quantitative estimate of drug-likeness (QED) is 0.738. The number of nitrogens with one attached hydrogen (secondary N) is 2. The van der Waals surface area contributed by atoms with Crippen molar-refractivity contribution in [2.45, 2.75) is 13.3 Å². The Morgan fingerprint density at radius 1 is 1.04 bits per heavy atom. The van der Waals surface area contributed by atoms with E-state index in [1.807, 2.05) is 55.5 Å². The highest BCUT2D eigenvalue weighted by Crippen LogP contribution is 2.11. The summed E-state index contributed by atoms with van der Waals surface area (Å²) in [6.07, 6.45) is 0.751. The molecule has 132 valence electrons. The molecule has 0 aliphatic heterocycles. The number of thioether (sulfide) groups is 1. The van der Waals surface area contributed by atoms with Crippen LogP contribution in [-0.4, -0.2) is 29.9 Å². The summed E-state index contributed by atoms with van der Waals surface area (Å²) < 4.78 is 0. The van der Waals surface area contributed by atoms with Crippen molar-refractivity contribution in [3.63, 3.8) is 0 Å². The van der Waals surface area contributed by atoms with Gasteiger partial charge < -0.3 is 10.6 Å². The first-order valence-corrected chi connectivity index (χ1v) is 9.51. The second-order valence-electron chi connectivity index (χ2n) is 5.64. The standard InChI is InChI=1S/C19H21ClN2O2S/c1-14-3-2-4-17(11-14)22-19(24)13-25-12-18(23)21-10-9-15-5-7-16(20)8-6-15/h2-8,11H,9-10,12-13H2,1H3,(H,21,23)(H,22,24). The summed E-state index contributed by atoms with van der Waals surface area (Å²) >= 11 is 7.13. The summed E-state index contributed by atoms with van der Waals surface area (Å²) in [7, 11) is 0. The molecule has 25 heavy (non-hydrogen) atoms. The number of carbonyl (C=O) groups excluding carboxylic acids is 2. The molecule has 0 radical (unpaired) electrons. The maximum atomic E-state index is 11.9. The number of carbonyl (C=O) groups is 2. The van der Waals surface area contributed by atoms with E-state index in [4.69, 9.17) is 11.6 Å². The largest absolute Gasteiger partial charge is 0.355 e. The van der Waals surface area contributed by atoms with Crippen LogP contribution in [0.5, 0.6) is 0 Å². The number of hydrogen-bond acceptors (Lipinski definition) is 3. The summed E-state index contributed by atoms with van der Waals surface area (Å²) in [5.41, 5.74) is 2.98. The minimum Gasteiger partial charge on any atom is -0.355 e. The summed E-state index contributed by atoms with van der Waals surface area (Å²) in [5, 5.41) is 6.38. The first-order chi connectivity index (χ1) is 12.0. The highest BCUT2D eigenvalue weighted by molar-refractivity contribution is 8.00. The van der Waals surface area contributed by atoms with Crippen LogP contribution < -0.4 is 10.6 Å². The van der Waals surface area contributed by atoms with Gasteiger partial charge in [0.05, 0.1) is 11.5 Å². The van der Waals surface area contributed by atoms with E-state index in [1.54, 1.807) is 0 Å². The number of halogens is 1. The van der Waals surface area contributed by atoms with Crippen LogP contribution in [0.25, 0.3) is 0 Å². The lowest BCUT2D eigenvalue weighted by atomic mass is 10.1. The average molecular weight is 377 g/mol. The molecule has 2 amide bonds. The Morgan fingerprint density at radius 3 is 2.48 bits per heavy atom. The van der Waals surface area contributed by atoms with Gasteiger partial charge in [-0.25, -0.2) is 0 Å². The molecular formula is C19H21ClN2O2S. The first-order valence-electron chi connectivity index (χ1n) is 7.98. The number of aryl methyl sites for hydroxylation is 1. The first kappa shape index (κ1) is 19.3. The molecule has 2 aromatic rings. The zero-order valence-electron chi connectivity index (χ0n) is 14.0. The van der Waals surface area contributed by atoms with Crippen LogP contribution in [0.3, 0.4) is 0 Å². The SMILES string of the molecule is Cc1cccc(NC(=O)CSCC(=O)NCCc2ccc(Cl)cc2)c1. The predicted octanol–water partition coefficient (Wildman–Crippen LogP) is 3.68. The van der Waals surface area contributed by atoms with Gasteiger partial charge in [-0.15, -0.1) is 11.8 Å². The monoisotopic (exact) mass is 376 g/mol. The van der Waals surface area contributed by atoms with Crippen LogP contribution >= 0.6 is 23.4 Å². The summed E-state index contributed by atoms with van der Waals surface area (Å²) in [5.74, 6) is 0.340. The van der Waals surface area contributed by atoms with Gasteiger partial charge in [-0.05, 0) is 48.7 Å². The zero-order valence-corrected chi connectivity index (χ0v) is 15.6. The van der Waals surface area contributed by atoms with Crippen LogP contribution in [0.15, 0.2) is 48.5 Å². The number of anilines is 1. The average Bonchev–Trinajstić information content (AvgIpc) is 2.56. The minimum absolute atomic E-state index is 0.0673. The summed E-state index contributed by atoms with van der Waals surface area (Å²) in [6, 6.07) is 15.2. The van der Waals surface area contributed by atoms with Gasteiger partial charge in [0.2, 0.25) is 11.8 Å². The van der Waals surface area contributed by atoms with Crippen LogP contribution in [-0.2, 0) is 16.0 Å². The number of rotatable bonds is 8. The van der Waals surface area contributed by atoms with Crippen molar-refractivity contribution >= 4 is 40.9 Å². The molecule has 0 aromatic heterocycles. The molecule has 2 rings (SSSR count). The van der Waals surface area contributed by atoms with Crippen LogP contribution in [0.1, 0.15) is 11.1 Å². The van der Waals surface area contributed by atoms with E-state index in [1.165, 1.54) is 11.8 Å². The number of benzene rings is 2. The number of hydrogen-bond donors (Lipinski definition) is 2. The molecule has 0 fully saturated rings. The molecule has 2 aromatic carbocycles. The normalized spacial score (nSPS) is 10.3. The van der Waals surface area contributed by atoms with Gasteiger partial charge in [-0.1, -0.05) is 35.9 Å². The van der Waals surface area contributed by atoms with Crippen molar-refractivity contribution in [1.82, 2.24) is 5.32 Å². The third kappa shape index (κ3) is 7.63. The van der Waals surface area contributed by atoms with Gasteiger partial charge in [-0.3, -0.25) is 9.59 Å². The van der Waals surface area contributed by atoms with Crippen LogP contribution in [0, 0.1) is 6.92 Å². The van der Waals surface area contributed by atoms with Gasteiger partial charge in [-0.2, -0.15) is 0 Å². The molecule has 0 atom stereocenters. The Morgan fingerprint density at radius 2 is 1.76 bits per heavy atom. The third-order valence-electron chi connectivity index (χ3n) is 3.42. The molecular weight excluding hydrogens is 356 g/mol. The lowest BCUT2D eigenvalue weighted by Gasteiger charge is -2.07. The van der Waals surface area contributed by atoms with E-state index in [-0.39, 0.29) is 23.3 Å².